The van der Waals surface area contributed by atoms with Crippen LogP contribution in [0.2, 0.25) is 0 Å². The quantitative estimate of drug-likeness (QED) is 0.902. The highest BCUT2D eigenvalue weighted by molar-refractivity contribution is 9.10. The third kappa shape index (κ3) is 2.92. The van der Waals surface area contributed by atoms with Gasteiger partial charge in [0.1, 0.15) is 0 Å². The van der Waals surface area contributed by atoms with Gasteiger partial charge < -0.3 is 5.32 Å². The van der Waals surface area contributed by atoms with Gasteiger partial charge in [-0.1, -0.05) is 22.0 Å². The molecule has 1 N–H and O–H groups in total. The summed E-state index contributed by atoms with van der Waals surface area (Å²) >= 11 is 5.54. The number of thioether (sulfide) groups is 1. The van der Waals surface area contributed by atoms with Gasteiger partial charge in [-0.05, 0) is 42.0 Å². The molecule has 1 aromatic rings. The first-order chi connectivity index (χ1) is 6.84. The van der Waals surface area contributed by atoms with Crippen LogP contribution in [0, 0.1) is 5.92 Å². The summed E-state index contributed by atoms with van der Waals surface area (Å²) in [5.74, 6) is 3.52. The van der Waals surface area contributed by atoms with Crippen molar-refractivity contribution in [3.05, 3.63) is 28.7 Å². The molecule has 1 fully saturated rings. The van der Waals surface area contributed by atoms with Gasteiger partial charge in [0.15, 0.2) is 0 Å². The van der Waals surface area contributed by atoms with Crippen LogP contribution < -0.4 is 5.32 Å². The summed E-state index contributed by atoms with van der Waals surface area (Å²) in [6.07, 6.45) is 1.37. The van der Waals surface area contributed by atoms with E-state index in [0.717, 1.165) is 16.9 Å². The predicted octanol–water partition coefficient (Wildman–Crippen LogP) is 3.61. The molecule has 1 heterocycles. The molecule has 2 rings (SSSR count). The summed E-state index contributed by atoms with van der Waals surface area (Å²) in [5.41, 5.74) is 1.22. The Morgan fingerprint density at radius 1 is 1.50 bits per heavy atom. The molecule has 1 aromatic carbocycles. The highest BCUT2D eigenvalue weighted by Crippen LogP contribution is 2.24. The smallest absolute Gasteiger partial charge is 0.0351 e. The fourth-order valence-corrected chi connectivity index (χ4v) is 3.29. The number of benzene rings is 1. The predicted molar refractivity (Wildman–Crippen MR) is 68.1 cm³/mol. The van der Waals surface area contributed by atoms with Gasteiger partial charge in [0.05, 0.1) is 0 Å². The van der Waals surface area contributed by atoms with Crippen LogP contribution in [0.5, 0.6) is 0 Å². The normalized spacial score (nSPS) is 21.1. The molecule has 1 aliphatic rings. The van der Waals surface area contributed by atoms with Gasteiger partial charge in [0.2, 0.25) is 0 Å². The molecular weight excluding hydrogens is 258 g/mol. The van der Waals surface area contributed by atoms with E-state index >= 15 is 0 Å². The van der Waals surface area contributed by atoms with E-state index in [0.29, 0.717) is 0 Å². The average molecular weight is 272 g/mol. The second-order valence-electron chi connectivity index (χ2n) is 3.62. The third-order valence-electron chi connectivity index (χ3n) is 2.44. The van der Waals surface area contributed by atoms with Crippen LogP contribution in [0.3, 0.4) is 0 Å². The lowest BCUT2D eigenvalue weighted by Crippen LogP contribution is -2.13. The molecule has 0 aromatic heterocycles. The first kappa shape index (κ1) is 10.4. The van der Waals surface area contributed by atoms with Gasteiger partial charge in [-0.2, -0.15) is 11.8 Å². The molecule has 0 bridgehead atoms. The molecule has 0 saturated carbocycles. The maximum absolute atomic E-state index is 3.48. The monoisotopic (exact) mass is 271 g/mol. The maximum Gasteiger partial charge on any atom is 0.0351 e. The number of anilines is 1. The maximum atomic E-state index is 3.48. The van der Waals surface area contributed by atoms with E-state index in [9.17, 15) is 0 Å². The van der Waals surface area contributed by atoms with E-state index < -0.39 is 0 Å². The summed E-state index contributed by atoms with van der Waals surface area (Å²) in [7, 11) is 0. The Bertz CT molecular complexity index is 297. The Balaban J connectivity index is 1.85. The molecule has 0 spiro atoms. The van der Waals surface area contributed by atoms with Crippen molar-refractivity contribution in [1.29, 1.82) is 0 Å². The zero-order chi connectivity index (χ0) is 9.80. The Labute approximate surface area is 97.8 Å². The number of halogens is 1. The van der Waals surface area contributed by atoms with Crippen LogP contribution in [0.4, 0.5) is 5.69 Å². The topological polar surface area (TPSA) is 12.0 Å². The first-order valence-corrected chi connectivity index (χ1v) is 6.86. The van der Waals surface area contributed by atoms with Gasteiger partial charge in [-0.15, -0.1) is 0 Å². The number of nitrogens with one attached hydrogen (secondary N) is 1. The first-order valence-electron chi connectivity index (χ1n) is 4.92. The van der Waals surface area contributed by atoms with Crippen molar-refractivity contribution >= 4 is 33.4 Å². The SMILES string of the molecule is Brc1cccc(NCC2CCSC2)c1. The van der Waals surface area contributed by atoms with Gasteiger partial charge in [0, 0.05) is 16.7 Å². The molecule has 3 heteroatoms. The summed E-state index contributed by atoms with van der Waals surface area (Å²) in [6, 6.07) is 8.36. The van der Waals surface area contributed by atoms with Gasteiger partial charge >= 0.3 is 0 Å². The van der Waals surface area contributed by atoms with Crippen LogP contribution >= 0.6 is 27.7 Å². The van der Waals surface area contributed by atoms with E-state index in [1.165, 1.54) is 23.6 Å². The van der Waals surface area contributed by atoms with E-state index in [-0.39, 0.29) is 0 Å². The molecule has 1 unspecified atom stereocenters. The Hall–Kier alpha value is -0.150. The van der Waals surface area contributed by atoms with E-state index in [4.69, 9.17) is 0 Å². The Morgan fingerprint density at radius 3 is 3.14 bits per heavy atom. The van der Waals surface area contributed by atoms with Gasteiger partial charge in [-0.3, -0.25) is 0 Å². The minimum atomic E-state index is 0.860. The van der Waals surface area contributed by atoms with Crippen LogP contribution in [-0.4, -0.2) is 18.1 Å². The third-order valence-corrected chi connectivity index (χ3v) is 4.17. The minimum absolute atomic E-state index is 0.860. The van der Waals surface area contributed by atoms with Crippen LogP contribution in [0.25, 0.3) is 0 Å². The second kappa shape index (κ2) is 5.08. The van der Waals surface area contributed by atoms with Crippen LogP contribution in [0.1, 0.15) is 6.42 Å². The summed E-state index contributed by atoms with van der Waals surface area (Å²) in [6.45, 7) is 1.11. The fourth-order valence-electron chi connectivity index (χ4n) is 1.60. The van der Waals surface area contributed by atoms with Crippen molar-refractivity contribution in [1.82, 2.24) is 0 Å². The number of rotatable bonds is 3. The van der Waals surface area contributed by atoms with Crippen molar-refractivity contribution in [2.24, 2.45) is 5.92 Å². The number of hydrogen-bond donors (Lipinski definition) is 1. The summed E-state index contributed by atoms with van der Waals surface area (Å²) < 4.78 is 1.14. The molecule has 0 amide bonds. The van der Waals surface area contributed by atoms with E-state index in [1.54, 1.807) is 0 Å². The molecule has 1 aliphatic heterocycles. The number of hydrogen-bond acceptors (Lipinski definition) is 2. The van der Waals surface area contributed by atoms with Crippen molar-refractivity contribution in [3.8, 4) is 0 Å². The molecule has 76 valence electrons. The molecule has 0 radical (unpaired) electrons. The zero-order valence-corrected chi connectivity index (χ0v) is 10.4. The van der Waals surface area contributed by atoms with Crippen LogP contribution in [-0.2, 0) is 0 Å². The molecular formula is C11H14BrNS. The fraction of sp³-hybridized carbons (Fsp3) is 0.455. The molecule has 1 nitrogen and oxygen atoms in total. The highest BCUT2D eigenvalue weighted by atomic mass is 79.9. The molecule has 14 heavy (non-hydrogen) atoms. The lowest BCUT2D eigenvalue weighted by Gasteiger charge is -2.11. The molecule has 0 aliphatic carbocycles. The summed E-state index contributed by atoms with van der Waals surface area (Å²) in [5, 5.41) is 3.48. The molecule has 1 saturated heterocycles. The zero-order valence-electron chi connectivity index (χ0n) is 8.00. The summed E-state index contributed by atoms with van der Waals surface area (Å²) in [4.78, 5) is 0. The lowest BCUT2D eigenvalue weighted by molar-refractivity contribution is 0.632. The van der Waals surface area contributed by atoms with Crippen molar-refractivity contribution in [2.75, 3.05) is 23.4 Å². The standard InChI is InChI=1S/C11H14BrNS/c12-10-2-1-3-11(6-10)13-7-9-4-5-14-8-9/h1-3,6,9,13H,4-5,7-8H2. The average Bonchev–Trinajstić information content (AvgIpc) is 2.67. The largest absolute Gasteiger partial charge is 0.385 e. The minimum Gasteiger partial charge on any atom is -0.385 e. The lowest BCUT2D eigenvalue weighted by atomic mass is 10.1. The van der Waals surface area contributed by atoms with Crippen molar-refractivity contribution < 1.29 is 0 Å². The van der Waals surface area contributed by atoms with Crippen molar-refractivity contribution in [2.45, 2.75) is 6.42 Å². The van der Waals surface area contributed by atoms with E-state index in [1.807, 2.05) is 0 Å². The van der Waals surface area contributed by atoms with Gasteiger partial charge in [-0.25, -0.2) is 0 Å². The van der Waals surface area contributed by atoms with Gasteiger partial charge in [0.25, 0.3) is 0 Å². The van der Waals surface area contributed by atoms with Crippen LogP contribution in [0.15, 0.2) is 28.7 Å². The second-order valence-corrected chi connectivity index (χ2v) is 5.69. The van der Waals surface area contributed by atoms with Crippen molar-refractivity contribution in [3.63, 3.8) is 0 Å². The Morgan fingerprint density at radius 2 is 2.43 bits per heavy atom. The van der Waals surface area contributed by atoms with E-state index in [2.05, 4.69) is 57.3 Å². The Kier molecular flexibility index (Phi) is 3.76. The molecule has 1 atom stereocenters. The highest BCUT2D eigenvalue weighted by Gasteiger charge is 2.14.